The number of amides is 1. The standard InChI is InChI=1S/C25H30FN3O4/c1-4-22(28(13-8-15-32-2)24(30)18-9-7-10-19(26)17-18)23-27-21-12-6-5-11-20(21)25(31)29(23)14-16-33-3/h5-7,9-12,17,22H,4,8,13-16H2,1-3H3. The molecule has 0 fully saturated rings. The molecule has 3 aromatic rings. The number of carbonyl (C=O) groups excluding carboxylic acids is 1. The van der Waals surface area contributed by atoms with Crippen molar-refractivity contribution < 1.29 is 18.7 Å². The number of benzene rings is 2. The summed E-state index contributed by atoms with van der Waals surface area (Å²) < 4.78 is 25.9. The van der Waals surface area contributed by atoms with Crippen molar-refractivity contribution in [3.63, 3.8) is 0 Å². The molecule has 0 bridgehead atoms. The van der Waals surface area contributed by atoms with Crippen molar-refractivity contribution in [3.8, 4) is 0 Å². The fraction of sp³-hybridized carbons (Fsp3) is 0.400. The van der Waals surface area contributed by atoms with Gasteiger partial charge >= 0.3 is 0 Å². The van der Waals surface area contributed by atoms with Crippen molar-refractivity contribution in [2.45, 2.75) is 32.4 Å². The highest BCUT2D eigenvalue weighted by Crippen LogP contribution is 2.26. The van der Waals surface area contributed by atoms with E-state index >= 15 is 0 Å². The van der Waals surface area contributed by atoms with Gasteiger partial charge in [-0.1, -0.05) is 25.1 Å². The summed E-state index contributed by atoms with van der Waals surface area (Å²) in [5.74, 6) is -0.315. The third-order valence-electron chi connectivity index (χ3n) is 5.55. The first-order valence-electron chi connectivity index (χ1n) is 11.1. The lowest BCUT2D eigenvalue weighted by Crippen LogP contribution is -2.40. The van der Waals surface area contributed by atoms with Gasteiger partial charge in [0.05, 0.1) is 30.1 Å². The molecular formula is C25H30FN3O4. The first kappa shape index (κ1) is 24.5. The van der Waals surface area contributed by atoms with Gasteiger partial charge in [0, 0.05) is 32.9 Å². The van der Waals surface area contributed by atoms with Gasteiger partial charge < -0.3 is 14.4 Å². The van der Waals surface area contributed by atoms with Crippen molar-refractivity contribution in [1.82, 2.24) is 14.5 Å². The van der Waals surface area contributed by atoms with E-state index in [1.807, 2.05) is 13.0 Å². The number of aromatic nitrogens is 2. The van der Waals surface area contributed by atoms with Crippen LogP contribution in [-0.4, -0.2) is 54.3 Å². The maximum atomic E-state index is 13.9. The summed E-state index contributed by atoms with van der Waals surface area (Å²) >= 11 is 0. The van der Waals surface area contributed by atoms with Crippen LogP contribution in [-0.2, 0) is 16.0 Å². The third kappa shape index (κ3) is 5.64. The number of carbonyl (C=O) groups is 1. The zero-order valence-corrected chi connectivity index (χ0v) is 19.3. The Bertz CT molecular complexity index is 1150. The minimum atomic E-state index is -0.494. The van der Waals surface area contributed by atoms with Crippen molar-refractivity contribution in [3.05, 3.63) is 76.1 Å². The molecule has 1 heterocycles. The highest BCUT2D eigenvalue weighted by Gasteiger charge is 2.29. The Hall–Kier alpha value is -3.10. The Balaban J connectivity index is 2.13. The van der Waals surface area contributed by atoms with Gasteiger partial charge in [0.2, 0.25) is 0 Å². The van der Waals surface area contributed by atoms with Gasteiger partial charge in [-0.2, -0.15) is 0 Å². The molecule has 33 heavy (non-hydrogen) atoms. The lowest BCUT2D eigenvalue weighted by Gasteiger charge is -2.32. The van der Waals surface area contributed by atoms with Crippen molar-refractivity contribution in [2.75, 3.05) is 34.0 Å². The van der Waals surface area contributed by atoms with Crippen LogP contribution in [0.5, 0.6) is 0 Å². The molecule has 1 unspecified atom stereocenters. The summed E-state index contributed by atoms with van der Waals surface area (Å²) in [5, 5.41) is 0.509. The van der Waals surface area contributed by atoms with E-state index in [0.717, 1.165) is 0 Å². The SMILES string of the molecule is CCC(c1nc2ccccc2c(=O)n1CCOC)N(CCCOC)C(=O)c1cccc(F)c1. The van der Waals surface area contributed by atoms with Crippen LogP contribution in [0.4, 0.5) is 4.39 Å². The molecule has 8 heteroatoms. The predicted molar refractivity (Wildman–Crippen MR) is 125 cm³/mol. The Morgan fingerprint density at radius 3 is 2.58 bits per heavy atom. The van der Waals surface area contributed by atoms with E-state index < -0.39 is 11.9 Å². The predicted octanol–water partition coefficient (Wildman–Crippen LogP) is 3.81. The minimum absolute atomic E-state index is 0.179. The molecule has 176 valence electrons. The van der Waals surface area contributed by atoms with E-state index in [9.17, 15) is 14.0 Å². The Labute approximate surface area is 192 Å². The van der Waals surface area contributed by atoms with E-state index in [1.54, 1.807) is 48.0 Å². The van der Waals surface area contributed by atoms with Crippen LogP contribution >= 0.6 is 0 Å². The summed E-state index contributed by atoms with van der Waals surface area (Å²) in [6.07, 6.45) is 1.11. The molecule has 0 aliphatic carbocycles. The quantitative estimate of drug-likeness (QED) is 0.411. The maximum Gasteiger partial charge on any atom is 0.261 e. The van der Waals surface area contributed by atoms with Crippen LogP contribution < -0.4 is 5.56 Å². The number of rotatable bonds is 11. The van der Waals surface area contributed by atoms with Gasteiger partial charge in [0.1, 0.15) is 11.6 Å². The molecule has 7 nitrogen and oxygen atoms in total. The summed E-state index contributed by atoms with van der Waals surface area (Å²) in [4.78, 5) is 33.3. The number of fused-ring (bicyclic) bond motifs is 1. The fourth-order valence-corrected chi connectivity index (χ4v) is 3.95. The summed E-state index contributed by atoms with van der Waals surface area (Å²) in [6.45, 7) is 3.40. The maximum absolute atomic E-state index is 13.9. The molecule has 0 N–H and O–H groups in total. The highest BCUT2D eigenvalue weighted by molar-refractivity contribution is 5.94. The molecule has 0 saturated heterocycles. The normalized spacial score (nSPS) is 12.1. The number of hydrogen-bond donors (Lipinski definition) is 0. The monoisotopic (exact) mass is 455 g/mol. The van der Waals surface area contributed by atoms with Crippen LogP contribution in [0.2, 0.25) is 0 Å². The van der Waals surface area contributed by atoms with E-state index in [2.05, 4.69) is 0 Å². The topological polar surface area (TPSA) is 73.7 Å². The van der Waals surface area contributed by atoms with Gasteiger partial charge in [-0.25, -0.2) is 9.37 Å². The van der Waals surface area contributed by atoms with E-state index in [1.165, 1.54) is 18.2 Å². The number of nitrogens with zero attached hydrogens (tertiary/aromatic N) is 3. The zero-order chi connectivity index (χ0) is 23.8. The molecule has 2 aromatic carbocycles. The second-order valence-electron chi connectivity index (χ2n) is 7.72. The molecule has 0 aliphatic rings. The van der Waals surface area contributed by atoms with Gasteiger partial charge in [0.15, 0.2) is 0 Å². The van der Waals surface area contributed by atoms with Crippen LogP contribution in [0.15, 0.2) is 53.3 Å². The number of hydrogen-bond acceptors (Lipinski definition) is 5. The number of methoxy groups -OCH3 is 2. The van der Waals surface area contributed by atoms with Gasteiger partial charge in [0.25, 0.3) is 11.5 Å². The minimum Gasteiger partial charge on any atom is -0.385 e. The number of ether oxygens (including phenoxy) is 2. The smallest absolute Gasteiger partial charge is 0.261 e. The second kappa shape index (κ2) is 11.7. The largest absolute Gasteiger partial charge is 0.385 e. The molecule has 1 amide bonds. The molecule has 0 radical (unpaired) electrons. The number of halogens is 1. The molecule has 0 saturated carbocycles. The van der Waals surface area contributed by atoms with Crippen LogP contribution in [0.25, 0.3) is 10.9 Å². The van der Waals surface area contributed by atoms with Crippen LogP contribution in [0.3, 0.4) is 0 Å². The lowest BCUT2D eigenvalue weighted by molar-refractivity contribution is 0.0629. The molecule has 1 aromatic heterocycles. The van der Waals surface area contributed by atoms with E-state index in [4.69, 9.17) is 14.5 Å². The average molecular weight is 456 g/mol. The number of para-hydroxylation sites is 1. The first-order valence-corrected chi connectivity index (χ1v) is 11.1. The van der Waals surface area contributed by atoms with E-state index in [0.29, 0.717) is 55.9 Å². The average Bonchev–Trinajstić information content (AvgIpc) is 2.83. The Morgan fingerprint density at radius 2 is 1.88 bits per heavy atom. The lowest BCUT2D eigenvalue weighted by atomic mass is 10.1. The van der Waals surface area contributed by atoms with Crippen LogP contribution in [0.1, 0.15) is 42.0 Å². The van der Waals surface area contributed by atoms with Crippen molar-refractivity contribution in [1.29, 1.82) is 0 Å². The summed E-state index contributed by atoms with van der Waals surface area (Å²) in [7, 11) is 3.17. The summed E-state index contributed by atoms with van der Waals surface area (Å²) in [6, 6.07) is 12.3. The zero-order valence-electron chi connectivity index (χ0n) is 19.3. The summed E-state index contributed by atoms with van der Waals surface area (Å²) in [5.41, 5.74) is 0.637. The molecule has 0 spiro atoms. The molecule has 1 atom stereocenters. The van der Waals surface area contributed by atoms with Crippen molar-refractivity contribution >= 4 is 16.8 Å². The first-order chi connectivity index (χ1) is 16.0. The highest BCUT2D eigenvalue weighted by atomic mass is 19.1. The van der Waals surface area contributed by atoms with Gasteiger partial charge in [-0.05, 0) is 43.2 Å². The Morgan fingerprint density at radius 1 is 1.12 bits per heavy atom. The van der Waals surface area contributed by atoms with Crippen LogP contribution in [0, 0.1) is 5.82 Å². The third-order valence-corrected chi connectivity index (χ3v) is 5.55. The fourth-order valence-electron chi connectivity index (χ4n) is 3.95. The Kier molecular flexibility index (Phi) is 8.68. The van der Waals surface area contributed by atoms with Crippen molar-refractivity contribution in [2.24, 2.45) is 0 Å². The van der Waals surface area contributed by atoms with Gasteiger partial charge in [-0.3, -0.25) is 14.2 Å². The van der Waals surface area contributed by atoms with E-state index in [-0.39, 0.29) is 17.0 Å². The molecule has 0 aliphatic heterocycles. The molecular weight excluding hydrogens is 425 g/mol. The molecule has 3 rings (SSSR count). The van der Waals surface area contributed by atoms with Gasteiger partial charge in [-0.15, -0.1) is 0 Å². The second-order valence-corrected chi connectivity index (χ2v) is 7.72.